The van der Waals surface area contributed by atoms with Gasteiger partial charge in [-0.25, -0.2) is 9.97 Å². The number of aromatic nitrogens is 2. The van der Waals surface area contributed by atoms with Gasteiger partial charge in [-0.2, -0.15) is 0 Å². The fraction of sp³-hybridized carbons (Fsp3) is 0.409. The van der Waals surface area contributed by atoms with Crippen molar-refractivity contribution in [1.82, 2.24) is 14.9 Å². The number of thioether (sulfide) groups is 1. The van der Waals surface area contributed by atoms with Crippen molar-refractivity contribution in [3.63, 3.8) is 0 Å². The lowest BCUT2D eigenvalue weighted by Gasteiger charge is -2.35. The highest BCUT2D eigenvalue weighted by atomic mass is 32.2. The molecule has 1 amide bonds. The van der Waals surface area contributed by atoms with Crippen molar-refractivity contribution >= 4 is 39.9 Å². The lowest BCUT2D eigenvalue weighted by molar-refractivity contribution is -0.130. The summed E-state index contributed by atoms with van der Waals surface area (Å²) in [6.45, 7) is 6.21. The quantitative estimate of drug-likeness (QED) is 0.443. The van der Waals surface area contributed by atoms with Crippen molar-refractivity contribution in [2.75, 3.05) is 18.8 Å². The van der Waals surface area contributed by atoms with Gasteiger partial charge in [0.25, 0.3) is 0 Å². The zero-order valence-electron chi connectivity index (χ0n) is 16.3. The fourth-order valence-electron chi connectivity index (χ4n) is 3.94. The van der Waals surface area contributed by atoms with E-state index >= 15 is 0 Å². The van der Waals surface area contributed by atoms with Gasteiger partial charge in [0.1, 0.15) is 10.9 Å². The summed E-state index contributed by atoms with van der Waals surface area (Å²) in [4.78, 5) is 25.6. The van der Waals surface area contributed by atoms with Gasteiger partial charge in [-0.3, -0.25) is 4.79 Å². The number of carbonyl (C=O) groups is 1. The third-order valence-electron chi connectivity index (χ3n) is 5.08. The maximum absolute atomic E-state index is 12.8. The van der Waals surface area contributed by atoms with Crippen LogP contribution in [-0.2, 0) is 11.2 Å². The summed E-state index contributed by atoms with van der Waals surface area (Å²) in [5, 5.41) is 4.00. The molecule has 2 aromatic heterocycles. The first-order chi connectivity index (χ1) is 13.6. The third kappa shape index (κ3) is 4.55. The molecule has 1 fully saturated rings. The van der Waals surface area contributed by atoms with Crippen LogP contribution in [0.15, 0.2) is 46.8 Å². The van der Waals surface area contributed by atoms with E-state index in [1.807, 2.05) is 29.2 Å². The van der Waals surface area contributed by atoms with Crippen LogP contribution in [0.25, 0.3) is 10.9 Å². The molecule has 0 bridgehead atoms. The van der Waals surface area contributed by atoms with Crippen LogP contribution in [0.5, 0.6) is 0 Å². The average Bonchev–Trinajstić information content (AvgIpc) is 3.18. The summed E-state index contributed by atoms with van der Waals surface area (Å²) in [5.41, 5.74) is 0.944. The Kier molecular flexibility index (Phi) is 5.97. The summed E-state index contributed by atoms with van der Waals surface area (Å²) in [6, 6.07) is 12.2. The SMILES string of the molecule is C[C@@H]1C[C@H](C)CN(C(=O)CSc2nc(Cc3cccs3)nc3ccccc23)C1. The first-order valence-electron chi connectivity index (χ1n) is 9.77. The predicted molar refractivity (Wildman–Crippen MR) is 117 cm³/mol. The molecule has 4 rings (SSSR count). The standard InChI is InChI=1S/C22H25N3OS2/c1-15-10-16(2)13-25(12-15)21(26)14-28-22-18-7-3-4-8-19(18)23-20(24-22)11-17-6-5-9-27-17/h3-9,15-16H,10-14H2,1-2H3/t15-,16+. The molecule has 3 aromatic rings. The first kappa shape index (κ1) is 19.4. The van der Waals surface area contributed by atoms with E-state index in [2.05, 4.69) is 31.4 Å². The molecule has 1 aliphatic rings. The van der Waals surface area contributed by atoms with E-state index in [4.69, 9.17) is 9.97 Å². The van der Waals surface area contributed by atoms with Crippen LogP contribution in [-0.4, -0.2) is 39.6 Å². The number of benzene rings is 1. The largest absolute Gasteiger partial charge is 0.341 e. The zero-order chi connectivity index (χ0) is 19.5. The van der Waals surface area contributed by atoms with E-state index in [9.17, 15) is 4.79 Å². The number of rotatable bonds is 5. The Morgan fingerprint density at radius 3 is 2.68 bits per heavy atom. The maximum Gasteiger partial charge on any atom is 0.233 e. The second-order valence-electron chi connectivity index (χ2n) is 7.75. The Morgan fingerprint density at radius 1 is 1.14 bits per heavy atom. The summed E-state index contributed by atoms with van der Waals surface area (Å²) in [6.07, 6.45) is 1.94. The number of carbonyl (C=O) groups excluding carboxylic acids is 1. The lowest BCUT2D eigenvalue weighted by atomic mass is 9.92. The van der Waals surface area contributed by atoms with Crippen molar-refractivity contribution < 1.29 is 4.79 Å². The molecule has 0 saturated carbocycles. The number of piperidine rings is 1. The molecule has 2 atom stereocenters. The number of fused-ring (bicyclic) bond motifs is 1. The molecule has 1 aliphatic heterocycles. The Hall–Kier alpha value is -1.92. The minimum absolute atomic E-state index is 0.214. The van der Waals surface area contributed by atoms with E-state index in [-0.39, 0.29) is 5.91 Å². The van der Waals surface area contributed by atoms with E-state index in [1.54, 1.807) is 23.1 Å². The van der Waals surface area contributed by atoms with Gasteiger partial charge in [-0.15, -0.1) is 11.3 Å². The zero-order valence-corrected chi connectivity index (χ0v) is 17.9. The molecule has 0 spiro atoms. The molecular weight excluding hydrogens is 386 g/mol. The number of para-hydroxylation sites is 1. The van der Waals surface area contributed by atoms with E-state index < -0.39 is 0 Å². The molecular formula is C22H25N3OS2. The van der Waals surface area contributed by atoms with Gasteiger partial charge in [-0.05, 0) is 35.8 Å². The maximum atomic E-state index is 12.8. The van der Waals surface area contributed by atoms with Gasteiger partial charge in [0, 0.05) is 29.8 Å². The minimum Gasteiger partial charge on any atom is -0.341 e. The number of likely N-dealkylation sites (tertiary alicyclic amines) is 1. The molecule has 28 heavy (non-hydrogen) atoms. The molecule has 0 radical (unpaired) electrons. The predicted octanol–water partition coefficient (Wildman–Crippen LogP) is 4.88. The van der Waals surface area contributed by atoms with Gasteiger partial charge < -0.3 is 4.90 Å². The van der Waals surface area contributed by atoms with Gasteiger partial charge in [0.2, 0.25) is 5.91 Å². The van der Waals surface area contributed by atoms with Gasteiger partial charge in [0.05, 0.1) is 11.3 Å². The third-order valence-corrected chi connectivity index (χ3v) is 6.93. The number of hydrogen-bond donors (Lipinski definition) is 0. The average molecular weight is 412 g/mol. The van der Waals surface area contributed by atoms with E-state index in [0.717, 1.165) is 41.3 Å². The Bertz CT molecular complexity index is 948. The van der Waals surface area contributed by atoms with Crippen LogP contribution in [0.1, 0.15) is 31.0 Å². The van der Waals surface area contributed by atoms with E-state index in [1.165, 1.54) is 11.3 Å². The second kappa shape index (κ2) is 8.62. The van der Waals surface area contributed by atoms with Crippen LogP contribution >= 0.6 is 23.1 Å². The summed E-state index contributed by atoms with van der Waals surface area (Å²) < 4.78 is 0. The van der Waals surface area contributed by atoms with Crippen LogP contribution in [0.4, 0.5) is 0 Å². The van der Waals surface area contributed by atoms with Crippen molar-refractivity contribution in [2.24, 2.45) is 11.8 Å². The lowest BCUT2D eigenvalue weighted by Crippen LogP contribution is -2.43. The Morgan fingerprint density at radius 2 is 1.93 bits per heavy atom. The van der Waals surface area contributed by atoms with Crippen LogP contribution in [0.3, 0.4) is 0 Å². The van der Waals surface area contributed by atoms with Gasteiger partial charge in [-0.1, -0.05) is 49.9 Å². The highest BCUT2D eigenvalue weighted by Crippen LogP contribution is 2.28. The summed E-state index contributed by atoms with van der Waals surface area (Å²) in [5.74, 6) is 2.62. The van der Waals surface area contributed by atoms with Crippen LogP contribution in [0, 0.1) is 11.8 Å². The number of amides is 1. The smallest absolute Gasteiger partial charge is 0.233 e. The monoisotopic (exact) mass is 411 g/mol. The molecule has 6 heteroatoms. The Balaban J connectivity index is 1.53. The number of hydrogen-bond acceptors (Lipinski definition) is 5. The minimum atomic E-state index is 0.214. The Labute approximate surface area is 174 Å². The van der Waals surface area contributed by atoms with Crippen LogP contribution in [0.2, 0.25) is 0 Å². The van der Waals surface area contributed by atoms with Crippen molar-refractivity contribution in [3.8, 4) is 0 Å². The molecule has 0 unspecified atom stereocenters. The number of nitrogens with zero attached hydrogens (tertiary/aromatic N) is 3. The first-order valence-corrected chi connectivity index (χ1v) is 11.6. The molecule has 0 N–H and O–H groups in total. The molecule has 4 nitrogen and oxygen atoms in total. The highest BCUT2D eigenvalue weighted by molar-refractivity contribution is 8.00. The second-order valence-corrected chi connectivity index (χ2v) is 9.75. The molecule has 0 aliphatic carbocycles. The molecule has 3 heterocycles. The van der Waals surface area contributed by atoms with Crippen molar-refractivity contribution in [2.45, 2.75) is 31.7 Å². The highest BCUT2D eigenvalue weighted by Gasteiger charge is 2.25. The fourth-order valence-corrected chi connectivity index (χ4v) is 5.58. The van der Waals surface area contributed by atoms with Crippen molar-refractivity contribution in [1.29, 1.82) is 0 Å². The molecule has 1 saturated heterocycles. The normalized spacial score (nSPS) is 19.9. The van der Waals surface area contributed by atoms with Gasteiger partial charge >= 0.3 is 0 Å². The number of thiophene rings is 1. The molecule has 146 valence electrons. The molecule has 1 aromatic carbocycles. The van der Waals surface area contributed by atoms with Gasteiger partial charge in [0.15, 0.2) is 0 Å². The summed E-state index contributed by atoms with van der Waals surface area (Å²) in [7, 11) is 0. The van der Waals surface area contributed by atoms with E-state index in [0.29, 0.717) is 17.6 Å². The topological polar surface area (TPSA) is 46.1 Å². The van der Waals surface area contributed by atoms with Crippen LogP contribution < -0.4 is 0 Å². The van der Waals surface area contributed by atoms with Crippen molar-refractivity contribution in [3.05, 3.63) is 52.5 Å². The summed E-state index contributed by atoms with van der Waals surface area (Å²) >= 11 is 3.26.